The van der Waals surface area contributed by atoms with Crippen LogP contribution >= 0.6 is 0 Å². The maximum Gasteiger partial charge on any atom is 0.225 e. The summed E-state index contributed by atoms with van der Waals surface area (Å²) in [7, 11) is 0. The number of piperazine rings is 1. The lowest BCUT2D eigenvalue weighted by Gasteiger charge is -2.44. The third-order valence-electron chi connectivity index (χ3n) is 8.81. The van der Waals surface area contributed by atoms with Crippen LogP contribution in [0.5, 0.6) is 0 Å². The Bertz CT molecular complexity index is 1540. The van der Waals surface area contributed by atoms with Crippen LogP contribution < -0.4 is 10.2 Å². The van der Waals surface area contributed by atoms with Crippen LogP contribution in [-0.2, 0) is 27.4 Å². The van der Waals surface area contributed by atoms with Gasteiger partial charge in [-0.05, 0) is 33.9 Å². The van der Waals surface area contributed by atoms with E-state index in [1.807, 2.05) is 36.4 Å². The zero-order chi connectivity index (χ0) is 31.2. The van der Waals surface area contributed by atoms with Crippen LogP contribution in [0.3, 0.4) is 0 Å². The summed E-state index contributed by atoms with van der Waals surface area (Å²) in [6, 6.07) is 26.3. The molecular formula is C36H41N5O4. The van der Waals surface area contributed by atoms with E-state index in [1.165, 1.54) is 6.92 Å². The van der Waals surface area contributed by atoms with Crippen LogP contribution in [0.1, 0.15) is 48.5 Å². The lowest BCUT2D eigenvalue weighted by Crippen LogP contribution is -2.51. The topological polar surface area (TPSA) is 100 Å². The Morgan fingerprint density at radius 1 is 0.889 bits per heavy atom. The van der Waals surface area contributed by atoms with Gasteiger partial charge in [0.2, 0.25) is 11.9 Å². The number of nitrogens with zero attached hydrogens (tertiary/aromatic N) is 4. The zero-order valence-corrected chi connectivity index (χ0v) is 25.9. The molecule has 1 aromatic heterocycles. The number of hydrogen-bond acceptors (Lipinski definition) is 8. The minimum atomic E-state index is -0.531. The molecule has 45 heavy (non-hydrogen) atoms. The summed E-state index contributed by atoms with van der Waals surface area (Å²) < 4.78 is 13.4. The molecule has 3 aromatic carbocycles. The second-order valence-corrected chi connectivity index (χ2v) is 11.8. The molecule has 4 atom stereocenters. The van der Waals surface area contributed by atoms with E-state index >= 15 is 0 Å². The molecule has 2 aliphatic rings. The van der Waals surface area contributed by atoms with Gasteiger partial charge in [0.25, 0.3) is 0 Å². The summed E-state index contributed by atoms with van der Waals surface area (Å²) in [5.74, 6) is 0.834. The van der Waals surface area contributed by atoms with Crippen molar-refractivity contribution in [2.75, 3.05) is 37.6 Å². The van der Waals surface area contributed by atoms with Crippen LogP contribution in [0.2, 0.25) is 0 Å². The van der Waals surface area contributed by atoms with E-state index < -0.39 is 6.29 Å². The fourth-order valence-electron chi connectivity index (χ4n) is 6.16. The second kappa shape index (κ2) is 14.3. The molecule has 4 aromatic rings. The molecule has 2 saturated heterocycles. The van der Waals surface area contributed by atoms with Crippen LogP contribution in [0, 0.1) is 5.92 Å². The maximum absolute atomic E-state index is 11.5. The number of nitrogens with one attached hydrogen (secondary N) is 1. The highest BCUT2D eigenvalue weighted by Crippen LogP contribution is 2.42. The highest BCUT2D eigenvalue weighted by Gasteiger charge is 2.39. The Hall–Kier alpha value is -4.15. The number of ether oxygens (including phenoxy) is 2. The molecule has 0 bridgehead atoms. The number of amides is 1. The number of rotatable bonds is 9. The third kappa shape index (κ3) is 7.40. The lowest BCUT2D eigenvalue weighted by molar-refractivity contribution is -0.276. The Labute approximate surface area is 264 Å². The van der Waals surface area contributed by atoms with E-state index in [9.17, 15) is 9.90 Å². The summed E-state index contributed by atoms with van der Waals surface area (Å²) in [6.07, 6.45) is 2.83. The molecule has 6 rings (SSSR count). The first-order valence-corrected chi connectivity index (χ1v) is 15.7. The number of aliphatic hydroxyl groups is 1. The molecule has 3 heterocycles. The largest absolute Gasteiger partial charge is 0.392 e. The standard InChI is InChI=1S/C36H41N5O4/c1-25-33(23-40-18-20-41(21-19-40)36-37-16-5-17-38-36)44-35(45-34(25)29-10-8-27(24-42)9-11-29)30-14-12-28(13-15-30)32-7-4-3-6-31(32)22-39-26(2)43/h3-17,25,33-35,42H,18-24H2,1-2H3,(H,39,43)/t25-,33+,34+,35+/m0/s1. The Morgan fingerprint density at radius 3 is 2.27 bits per heavy atom. The van der Waals surface area contributed by atoms with Crippen molar-refractivity contribution in [3.05, 3.63) is 114 Å². The molecule has 0 spiro atoms. The smallest absolute Gasteiger partial charge is 0.225 e. The minimum Gasteiger partial charge on any atom is -0.392 e. The average molecular weight is 608 g/mol. The van der Waals surface area contributed by atoms with Gasteiger partial charge in [0, 0.05) is 70.1 Å². The number of carbonyl (C=O) groups excluding carboxylic acids is 1. The molecule has 0 unspecified atom stereocenters. The number of aromatic nitrogens is 2. The molecule has 234 valence electrons. The van der Waals surface area contributed by atoms with Crippen molar-refractivity contribution in [3.63, 3.8) is 0 Å². The Kier molecular flexibility index (Phi) is 9.81. The van der Waals surface area contributed by atoms with Gasteiger partial charge in [-0.3, -0.25) is 9.69 Å². The normalized spacial score (nSPS) is 22.2. The molecule has 9 heteroatoms. The van der Waals surface area contributed by atoms with Crippen LogP contribution in [0.4, 0.5) is 5.95 Å². The van der Waals surface area contributed by atoms with Crippen LogP contribution in [0.25, 0.3) is 11.1 Å². The average Bonchev–Trinajstić information content (AvgIpc) is 3.09. The molecule has 1 amide bonds. The summed E-state index contributed by atoms with van der Waals surface area (Å²) in [5.41, 5.74) is 6.12. The number of anilines is 1. The maximum atomic E-state index is 11.5. The highest BCUT2D eigenvalue weighted by atomic mass is 16.7. The Morgan fingerprint density at radius 2 is 1.58 bits per heavy atom. The molecule has 2 fully saturated rings. The van der Waals surface area contributed by atoms with Gasteiger partial charge in [-0.15, -0.1) is 0 Å². The second-order valence-electron chi connectivity index (χ2n) is 11.8. The van der Waals surface area contributed by atoms with E-state index in [-0.39, 0.29) is 30.6 Å². The van der Waals surface area contributed by atoms with Crippen molar-refractivity contribution < 1.29 is 19.4 Å². The monoisotopic (exact) mass is 607 g/mol. The van der Waals surface area contributed by atoms with Gasteiger partial charge in [0.1, 0.15) is 0 Å². The molecule has 9 nitrogen and oxygen atoms in total. The molecule has 0 aliphatic carbocycles. The van der Waals surface area contributed by atoms with E-state index in [2.05, 4.69) is 74.5 Å². The molecule has 0 saturated carbocycles. The molecule has 0 radical (unpaired) electrons. The summed E-state index contributed by atoms with van der Waals surface area (Å²) >= 11 is 0. The number of benzene rings is 3. The predicted molar refractivity (Wildman–Crippen MR) is 173 cm³/mol. The van der Waals surface area contributed by atoms with Crippen LogP contribution in [0.15, 0.2) is 91.3 Å². The van der Waals surface area contributed by atoms with Crippen LogP contribution in [-0.4, -0.2) is 64.7 Å². The molecule has 2 aliphatic heterocycles. The van der Waals surface area contributed by atoms with Gasteiger partial charge in [0.05, 0.1) is 18.8 Å². The molecule has 2 N–H and O–H groups in total. The first-order valence-electron chi connectivity index (χ1n) is 15.7. The summed E-state index contributed by atoms with van der Waals surface area (Å²) in [5, 5.41) is 12.5. The van der Waals surface area contributed by atoms with Gasteiger partial charge in [-0.25, -0.2) is 9.97 Å². The van der Waals surface area contributed by atoms with Crippen molar-refractivity contribution in [2.24, 2.45) is 5.92 Å². The lowest BCUT2D eigenvalue weighted by atomic mass is 9.89. The quantitative estimate of drug-likeness (QED) is 0.278. The fraction of sp³-hybridized carbons (Fsp3) is 0.361. The number of carbonyl (C=O) groups is 1. The van der Waals surface area contributed by atoms with E-state index in [0.29, 0.717) is 6.54 Å². The van der Waals surface area contributed by atoms with Gasteiger partial charge >= 0.3 is 0 Å². The van der Waals surface area contributed by atoms with Crippen molar-refractivity contribution >= 4 is 11.9 Å². The van der Waals surface area contributed by atoms with Crippen molar-refractivity contribution in [3.8, 4) is 11.1 Å². The number of aliphatic hydroxyl groups excluding tert-OH is 1. The zero-order valence-electron chi connectivity index (χ0n) is 25.9. The van der Waals surface area contributed by atoms with Gasteiger partial charge < -0.3 is 24.8 Å². The van der Waals surface area contributed by atoms with Crippen molar-refractivity contribution in [1.29, 1.82) is 0 Å². The van der Waals surface area contributed by atoms with Gasteiger partial charge in [-0.2, -0.15) is 0 Å². The van der Waals surface area contributed by atoms with E-state index in [4.69, 9.17) is 9.47 Å². The third-order valence-corrected chi connectivity index (χ3v) is 8.81. The first kappa shape index (κ1) is 30.9. The number of hydrogen-bond donors (Lipinski definition) is 2. The molecular weight excluding hydrogens is 566 g/mol. The first-order chi connectivity index (χ1) is 22.0. The highest BCUT2D eigenvalue weighted by molar-refractivity contribution is 5.74. The fourth-order valence-corrected chi connectivity index (χ4v) is 6.16. The van der Waals surface area contributed by atoms with Gasteiger partial charge in [-0.1, -0.05) is 79.7 Å². The SMILES string of the molecule is CC(=O)NCc1ccccc1-c1ccc([C@@H]2O[C@H](CN3CCN(c4ncccn4)CC3)[C@H](C)[C@H](c3ccc(CO)cc3)O2)cc1. The minimum absolute atomic E-state index is 0.00993. The van der Waals surface area contributed by atoms with E-state index in [1.54, 1.807) is 12.4 Å². The van der Waals surface area contributed by atoms with Gasteiger partial charge in [0.15, 0.2) is 6.29 Å². The Balaban J connectivity index is 1.20. The summed E-state index contributed by atoms with van der Waals surface area (Å²) in [6.45, 7) is 8.55. The summed E-state index contributed by atoms with van der Waals surface area (Å²) in [4.78, 5) is 25.1. The van der Waals surface area contributed by atoms with Crippen molar-refractivity contribution in [1.82, 2.24) is 20.2 Å². The predicted octanol–water partition coefficient (Wildman–Crippen LogP) is 4.89. The van der Waals surface area contributed by atoms with Crippen molar-refractivity contribution in [2.45, 2.75) is 45.5 Å². The van der Waals surface area contributed by atoms with E-state index in [0.717, 1.165) is 72.1 Å².